The van der Waals surface area contributed by atoms with Crippen LogP contribution in [0.4, 0.5) is 5.82 Å². The van der Waals surface area contributed by atoms with Gasteiger partial charge in [0, 0.05) is 32.4 Å². The quantitative estimate of drug-likeness (QED) is 0.878. The van der Waals surface area contributed by atoms with E-state index in [0.29, 0.717) is 17.9 Å². The maximum Gasteiger partial charge on any atom is 0.248 e. The molecule has 1 saturated heterocycles. The molecule has 1 saturated carbocycles. The lowest BCUT2D eigenvalue weighted by Gasteiger charge is -2.37. The van der Waals surface area contributed by atoms with Gasteiger partial charge in [0.25, 0.3) is 0 Å². The molecular formula is C17H23N5O2. The molecule has 2 aromatic heterocycles. The third kappa shape index (κ3) is 2.53. The number of aromatic amines is 1. The van der Waals surface area contributed by atoms with Gasteiger partial charge in [-0.3, -0.25) is 4.79 Å². The van der Waals surface area contributed by atoms with Gasteiger partial charge in [-0.1, -0.05) is 0 Å². The second-order valence-corrected chi connectivity index (χ2v) is 6.99. The smallest absolute Gasteiger partial charge is 0.248 e. The van der Waals surface area contributed by atoms with Crippen molar-refractivity contribution in [2.75, 3.05) is 31.6 Å². The zero-order chi connectivity index (χ0) is 16.7. The maximum atomic E-state index is 11.8. The summed E-state index contributed by atoms with van der Waals surface area (Å²) in [6.45, 7) is 1.20. The molecule has 2 N–H and O–H groups in total. The van der Waals surface area contributed by atoms with Crippen LogP contribution in [0, 0.1) is 11.8 Å². The molecule has 7 heteroatoms. The number of nitrogens with zero attached hydrogens (tertiary/aromatic N) is 4. The van der Waals surface area contributed by atoms with Crippen LogP contribution < -0.4 is 4.90 Å². The maximum absolute atomic E-state index is 11.8. The lowest BCUT2D eigenvalue weighted by atomic mass is 9.78. The summed E-state index contributed by atoms with van der Waals surface area (Å²) in [7, 11) is 2.10. The molecule has 1 unspecified atom stereocenters. The van der Waals surface area contributed by atoms with Crippen LogP contribution in [0.15, 0.2) is 18.6 Å². The Morgan fingerprint density at radius 2 is 2.21 bits per heavy atom. The third-order valence-corrected chi connectivity index (χ3v) is 5.72. The molecule has 2 aliphatic rings. The van der Waals surface area contributed by atoms with Gasteiger partial charge in [0.2, 0.25) is 5.91 Å². The number of likely N-dealkylation sites (tertiary alicyclic amines) is 1. The Morgan fingerprint density at radius 3 is 3.04 bits per heavy atom. The summed E-state index contributed by atoms with van der Waals surface area (Å²) in [6.07, 6.45) is 6.79. The van der Waals surface area contributed by atoms with E-state index in [9.17, 15) is 4.79 Å². The molecule has 2 aromatic rings. The molecule has 3 heterocycles. The van der Waals surface area contributed by atoms with Crippen LogP contribution in [0.3, 0.4) is 0 Å². The average molecular weight is 329 g/mol. The highest BCUT2D eigenvalue weighted by atomic mass is 16.3. The van der Waals surface area contributed by atoms with Gasteiger partial charge in [-0.25, -0.2) is 9.97 Å². The normalized spacial score (nSPS) is 26.6. The van der Waals surface area contributed by atoms with E-state index in [1.54, 1.807) is 6.33 Å². The number of rotatable bonds is 3. The predicted molar refractivity (Wildman–Crippen MR) is 90.6 cm³/mol. The third-order valence-electron chi connectivity index (χ3n) is 5.72. The van der Waals surface area contributed by atoms with Crippen LogP contribution >= 0.6 is 0 Å². The van der Waals surface area contributed by atoms with Crippen LogP contribution in [0.25, 0.3) is 11.0 Å². The number of carbonyl (C=O) groups excluding carboxylic acids is 1. The molecule has 0 radical (unpaired) electrons. The number of hydrogen-bond donors (Lipinski definition) is 2. The van der Waals surface area contributed by atoms with Crippen molar-refractivity contribution in [2.45, 2.75) is 25.3 Å². The number of carbonyl (C=O) groups is 1. The van der Waals surface area contributed by atoms with Crippen LogP contribution in [-0.4, -0.2) is 63.7 Å². The number of amides is 1. The van der Waals surface area contributed by atoms with E-state index in [0.717, 1.165) is 49.2 Å². The number of fused-ring (bicyclic) bond motifs is 2. The second-order valence-electron chi connectivity index (χ2n) is 6.99. The average Bonchev–Trinajstić information content (AvgIpc) is 3.25. The first-order valence-corrected chi connectivity index (χ1v) is 8.57. The van der Waals surface area contributed by atoms with E-state index >= 15 is 0 Å². The number of nitrogens with one attached hydrogen (secondary N) is 1. The van der Waals surface area contributed by atoms with Crippen molar-refractivity contribution in [3.05, 3.63) is 18.6 Å². The van der Waals surface area contributed by atoms with Crippen LogP contribution in [0.2, 0.25) is 0 Å². The van der Waals surface area contributed by atoms with Gasteiger partial charge in [0.05, 0.1) is 5.39 Å². The Kier molecular flexibility index (Phi) is 3.88. The largest absolute Gasteiger partial charge is 0.387 e. The molecule has 1 aliphatic carbocycles. The van der Waals surface area contributed by atoms with Crippen molar-refractivity contribution in [1.29, 1.82) is 0 Å². The zero-order valence-corrected chi connectivity index (χ0v) is 13.9. The van der Waals surface area contributed by atoms with Gasteiger partial charge in [0.1, 0.15) is 24.4 Å². The Bertz CT molecular complexity index is 745. The molecule has 0 bridgehead atoms. The highest BCUT2D eigenvalue weighted by Crippen LogP contribution is 2.39. The second kappa shape index (κ2) is 6.05. The minimum Gasteiger partial charge on any atom is -0.387 e. The van der Waals surface area contributed by atoms with E-state index in [2.05, 4.69) is 26.9 Å². The number of aliphatic hydroxyl groups is 1. The number of aromatic nitrogens is 3. The summed E-state index contributed by atoms with van der Waals surface area (Å²) < 4.78 is 0. The van der Waals surface area contributed by atoms with Crippen LogP contribution in [0.5, 0.6) is 0 Å². The molecule has 4 rings (SSSR count). The Hall–Kier alpha value is -2.15. The first-order chi connectivity index (χ1) is 11.7. The van der Waals surface area contributed by atoms with Crippen molar-refractivity contribution in [3.63, 3.8) is 0 Å². The summed E-state index contributed by atoms with van der Waals surface area (Å²) in [4.78, 5) is 27.7. The van der Waals surface area contributed by atoms with Crippen molar-refractivity contribution < 1.29 is 9.90 Å². The van der Waals surface area contributed by atoms with Gasteiger partial charge in [-0.05, 0) is 37.2 Å². The monoisotopic (exact) mass is 329 g/mol. The molecule has 0 aromatic carbocycles. The molecule has 24 heavy (non-hydrogen) atoms. The van der Waals surface area contributed by atoms with Gasteiger partial charge < -0.3 is 19.9 Å². The van der Waals surface area contributed by atoms with E-state index in [4.69, 9.17) is 5.11 Å². The molecule has 3 atom stereocenters. The van der Waals surface area contributed by atoms with Gasteiger partial charge >= 0.3 is 0 Å². The highest BCUT2D eigenvalue weighted by Gasteiger charge is 2.40. The number of anilines is 1. The Labute approximate surface area is 140 Å². The molecule has 7 nitrogen and oxygen atoms in total. The van der Waals surface area contributed by atoms with Crippen LogP contribution in [-0.2, 0) is 4.79 Å². The molecular weight excluding hydrogens is 306 g/mol. The highest BCUT2D eigenvalue weighted by molar-refractivity contribution is 5.87. The van der Waals surface area contributed by atoms with Crippen molar-refractivity contribution >= 4 is 22.8 Å². The van der Waals surface area contributed by atoms with Gasteiger partial charge in [-0.2, -0.15) is 0 Å². The Morgan fingerprint density at radius 1 is 1.38 bits per heavy atom. The fraction of sp³-hybridized carbons (Fsp3) is 0.588. The standard InChI is InChI=1S/C17H23N5O2/c1-21(17-14-4-5-18-16(14)19-10-20-17)13-3-2-11-7-22(15(24)9-23)8-12(11)6-13/h4-5,10-13,23H,2-3,6-9H2,1H3,(H,18,19,20)/t11-,12+,13?/m0/s1. The molecule has 1 amide bonds. The predicted octanol–water partition coefficient (Wildman–Crippen LogP) is 1.01. The van der Waals surface area contributed by atoms with Crippen molar-refractivity contribution in [2.24, 2.45) is 11.8 Å². The minimum atomic E-state index is -0.380. The molecule has 128 valence electrons. The van der Waals surface area contributed by atoms with E-state index in [1.807, 2.05) is 17.2 Å². The molecule has 2 fully saturated rings. The fourth-order valence-corrected chi connectivity index (χ4v) is 4.37. The number of H-pyrrole nitrogens is 1. The summed E-state index contributed by atoms with van der Waals surface area (Å²) in [5.41, 5.74) is 0.862. The lowest BCUT2D eigenvalue weighted by Crippen LogP contribution is -2.39. The topological polar surface area (TPSA) is 85.4 Å². The number of hydrogen-bond acceptors (Lipinski definition) is 5. The van der Waals surface area contributed by atoms with Crippen molar-refractivity contribution in [3.8, 4) is 0 Å². The lowest BCUT2D eigenvalue weighted by molar-refractivity contribution is -0.133. The Balaban J connectivity index is 1.50. The first-order valence-electron chi connectivity index (χ1n) is 8.57. The summed E-state index contributed by atoms with van der Waals surface area (Å²) in [5.74, 6) is 1.92. The summed E-state index contributed by atoms with van der Waals surface area (Å²) >= 11 is 0. The molecule has 1 aliphatic heterocycles. The zero-order valence-electron chi connectivity index (χ0n) is 13.9. The van der Waals surface area contributed by atoms with Gasteiger partial charge in [-0.15, -0.1) is 0 Å². The minimum absolute atomic E-state index is 0.140. The summed E-state index contributed by atoms with van der Waals surface area (Å²) in [6, 6.07) is 2.44. The molecule has 0 spiro atoms. The fourth-order valence-electron chi connectivity index (χ4n) is 4.37. The SMILES string of the molecule is CN(c1ncnc2[nH]ccc12)C1CC[C@H]2CN(C(=O)CO)C[C@H]2C1. The van der Waals surface area contributed by atoms with E-state index in [1.165, 1.54) is 0 Å². The first kappa shape index (κ1) is 15.4. The van der Waals surface area contributed by atoms with Crippen LogP contribution in [0.1, 0.15) is 19.3 Å². The van der Waals surface area contributed by atoms with Crippen molar-refractivity contribution in [1.82, 2.24) is 19.9 Å². The number of aliphatic hydroxyl groups excluding tert-OH is 1. The summed E-state index contributed by atoms with van der Waals surface area (Å²) in [5, 5.41) is 10.1. The van der Waals surface area contributed by atoms with Gasteiger partial charge in [0.15, 0.2) is 0 Å². The van der Waals surface area contributed by atoms with E-state index in [-0.39, 0.29) is 12.5 Å². The van der Waals surface area contributed by atoms with E-state index < -0.39 is 0 Å².